The molecule has 0 spiro atoms. The van der Waals surface area contributed by atoms with Gasteiger partial charge in [0.25, 0.3) is 0 Å². The summed E-state index contributed by atoms with van der Waals surface area (Å²) < 4.78 is 5.55. The highest BCUT2D eigenvalue weighted by Gasteiger charge is 2.16. The number of hydrogen-bond donors (Lipinski definition) is 0. The second-order valence-corrected chi connectivity index (χ2v) is 4.93. The quantitative estimate of drug-likeness (QED) is 0.786. The van der Waals surface area contributed by atoms with Gasteiger partial charge < -0.3 is 14.5 Å². The molecule has 1 heterocycles. The first-order valence-electron chi connectivity index (χ1n) is 7.08. The van der Waals surface area contributed by atoms with Gasteiger partial charge in [-0.3, -0.25) is 4.79 Å². The topological polar surface area (TPSA) is 32.8 Å². The number of piperazine rings is 1. The monoisotopic (exact) mass is 274 g/mol. The predicted octanol–water partition coefficient (Wildman–Crippen LogP) is 1.87. The molecule has 2 rings (SSSR count). The van der Waals surface area contributed by atoms with Gasteiger partial charge in [0.2, 0.25) is 5.91 Å². The molecule has 20 heavy (non-hydrogen) atoms. The maximum absolute atomic E-state index is 12.1. The highest BCUT2D eigenvalue weighted by Crippen LogP contribution is 2.19. The van der Waals surface area contributed by atoms with E-state index in [1.165, 1.54) is 0 Å². The van der Waals surface area contributed by atoms with Crippen LogP contribution in [0, 0.1) is 0 Å². The molecule has 0 atom stereocenters. The standard InChI is InChI=1S/C16H22N2O2/c1-3-20-15-7-5-4-6-14(15)8-9-16(19)18-12-10-17(2)11-13-18/h4-9H,3,10-13H2,1-2H3. The average molecular weight is 274 g/mol. The third kappa shape index (κ3) is 3.84. The minimum absolute atomic E-state index is 0.0735. The Morgan fingerprint density at radius 2 is 1.95 bits per heavy atom. The zero-order chi connectivity index (χ0) is 14.4. The van der Waals surface area contributed by atoms with Crippen molar-refractivity contribution in [3.8, 4) is 5.75 Å². The lowest BCUT2D eigenvalue weighted by molar-refractivity contribution is -0.127. The second kappa shape index (κ2) is 7.10. The molecule has 0 aliphatic carbocycles. The summed E-state index contributed by atoms with van der Waals surface area (Å²) in [7, 11) is 2.08. The van der Waals surface area contributed by atoms with E-state index in [1.807, 2.05) is 42.2 Å². The van der Waals surface area contributed by atoms with E-state index in [0.717, 1.165) is 37.5 Å². The number of amides is 1. The van der Waals surface area contributed by atoms with Crippen molar-refractivity contribution in [2.45, 2.75) is 6.92 Å². The largest absolute Gasteiger partial charge is 0.493 e. The third-order valence-corrected chi connectivity index (χ3v) is 3.44. The lowest BCUT2D eigenvalue weighted by atomic mass is 10.2. The first-order valence-corrected chi connectivity index (χ1v) is 7.08. The van der Waals surface area contributed by atoms with Crippen molar-refractivity contribution in [1.29, 1.82) is 0 Å². The van der Waals surface area contributed by atoms with Gasteiger partial charge in [0.15, 0.2) is 0 Å². The highest BCUT2D eigenvalue weighted by atomic mass is 16.5. The van der Waals surface area contributed by atoms with Crippen molar-refractivity contribution in [2.24, 2.45) is 0 Å². The Labute approximate surface area is 120 Å². The van der Waals surface area contributed by atoms with Crippen LogP contribution in [0.25, 0.3) is 6.08 Å². The molecule has 0 N–H and O–H groups in total. The fraction of sp³-hybridized carbons (Fsp3) is 0.438. The van der Waals surface area contributed by atoms with Crippen molar-refractivity contribution in [1.82, 2.24) is 9.80 Å². The van der Waals surface area contributed by atoms with Crippen LogP contribution in [0.15, 0.2) is 30.3 Å². The van der Waals surface area contributed by atoms with E-state index in [2.05, 4.69) is 11.9 Å². The van der Waals surface area contributed by atoms with E-state index >= 15 is 0 Å². The number of ether oxygens (including phenoxy) is 1. The van der Waals surface area contributed by atoms with Gasteiger partial charge in [-0.15, -0.1) is 0 Å². The van der Waals surface area contributed by atoms with Crippen molar-refractivity contribution < 1.29 is 9.53 Å². The van der Waals surface area contributed by atoms with Crippen LogP contribution >= 0.6 is 0 Å². The lowest BCUT2D eigenvalue weighted by Gasteiger charge is -2.31. The zero-order valence-corrected chi connectivity index (χ0v) is 12.2. The van der Waals surface area contributed by atoms with E-state index < -0.39 is 0 Å². The van der Waals surface area contributed by atoms with Gasteiger partial charge in [0, 0.05) is 37.8 Å². The molecule has 1 aliphatic heterocycles. The molecule has 1 aromatic rings. The molecule has 0 radical (unpaired) electrons. The van der Waals surface area contributed by atoms with E-state index in [4.69, 9.17) is 4.74 Å². The summed E-state index contributed by atoms with van der Waals surface area (Å²) in [4.78, 5) is 16.2. The molecule has 1 fully saturated rings. The minimum Gasteiger partial charge on any atom is -0.493 e. The molecule has 1 amide bonds. The molecule has 0 aromatic heterocycles. The molecule has 0 bridgehead atoms. The van der Waals surface area contributed by atoms with Crippen LogP contribution < -0.4 is 4.74 Å². The van der Waals surface area contributed by atoms with Crippen molar-refractivity contribution in [3.63, 3.8) is 0 Å². The minimum atomic E-state index is 0.0735. The van der Waals surface area contributed by atoms with Gasteiger partial charge in [-0.25, -0.2) is 0 Å². The van der Waals surface area contributed by atoms with E-state index in [1.54, 1.807) is 6.08 Å². The Morgan fingerprint density at radius 3 is 2.65 bits per heavy atom. The number of carbonyl (C=O) groups excluding carboxylic acids is 1. The molecule has 0 unspecified atom stereocenters. The molecule has 4 nitrogen and oxygen atoms in total. The number of carbonyl (C=O) groups is 1. The SMILES string of the molecule is CCOc1ccccc1C=CC(=O)N1CCN(C)CC1. The molecular weight excluding hydrogens is 252 g/mol. The molecule has 0 saturated carbocycles. The van der Waals surface area contributed by atoms with Crippen LogP contribution in [0.5, 0.6) is 5.75 Å². The van der Waals surface area contributed by atoms with Gasteiger partial charge in [0.05, 0.1) is 6.61 Å². The van der Waals surface area contributed by atoms with E-state index in [0.29, 0.717) is 6.61 Å². The Morgan fingerprint density at radius 1 is 1.25 bits per heavy atom. The van der Waals surface area contributed by atoms with Crippen LogP contribution in [0.3, 0.4) is 0 Å². The van der Waals surface area contributed by atoms with Gasteiger partial charge in [-0.2, -0.15) is 0 Å². The van der Waals surface area contributed by atoms with Crippen molar-refractivity contribution in [3.05, 3.63) is 35.9 Å². The maximum Gasteiger partial charge on any atom is 0.246 e. The smallest absolute Gasteiger partial charge is 0.246 e. The Kier molecular flexibility index (Phi) is 5.18. The lowest BCUT2D eigenvalue weighted by Crippen LogP contribution is -2.46. The third-order valence-electron chi connectivity index (χ3n) is 3.44. The molecule has 4 heteroatoms. The fourth-order valence-electron chi connectivity index (χ4n) is 2.20. The zero-order valence-electron chi connectivity index (χ0n) is 12.2. The van der Waals surface area contributed by atoms with Gasteiger partial charge in [-0.05, 0) is 26.1 Å². The van der Waals surface area contributed by atoms with Gasteiger partial charge in [0.1, 0.15) is 5.75 Å². The number of para-hydroxylation sites is 1. The summed E-state index contributed by atoms with van der Waals surface area (Å²) in [6.45, 7) is 6.05. The molecular formula is C16H22N2O2. The maximum atomic E-state index is 12.1. The van der Waals surface area contributed by atoms with E-state index in [-0.39, 0.29) is 5.91 Å². The fourth-order valence-corrected chi connectivity index (χ4v) is 2.20. The summed E-state index contributed by atoms with van der Waals surface area (Å²) in [5.74, 6) is 0.891. The number of likely N-dealkylation sites (N-methyl/N-ethyl adjacent to an activating group) is 1. The molecule has 108 valence electrons. The predicted molar refractivity (Wildman–Crippen MR) is 80.7 cm³/mol. The average Bonchev–Trinajstić information content (AvgIpc) is 2.47. The first-order chi connectivity index (χ1) is 9.70. The molecule has 1 saturated heterocycles. The number of nitrogens with zero attached hydrogens (tertiary/aromatic N) is 2. The van der Waals surface area contributed by atoms with Gasteiger partial charge in [-0.1, -0.05) is 18.2 Å². The first kappa shape index (κ1) is 14.6. The second-order valence-electron chi connectivity index (χ2n) is 4.93. The van der Waals surface area contributed by atoms with Crippen molar-refractivity contribution >= 4 is 12.0 Å². The summed E-state index contributed by atoms with van der Waals surface area (Å²) in [6, 6.07) is 7.76. The summed E-state index contributed by atoms with van der Waals surface area (Å²) in [5, 5.41) is 0. The summed E-state index contributed by atoms with van der Waals surface area (Å²) in [6.07, 6.45) is 3.48. The molecule has 1 aliphatic rings. The van der Waals surface area contributed by atoms with Gasteiger partial charge >= 0.3 is 0 Å². The number of benzene rings is 1. The Bertz CT molecular complexity index is 477. The van der Waals surface area contributed by atoms with Crippen LogP contribution in [-0.2, 0) is 4.79 Å². The number of hydrogen-bond acceptors (Lipinski definition) is 3. The summed E-state index contributed by atoms with van der Waals surface area (Å²) in [5.41, 5.74) is 0.942. The highest BCUT2D eigenvalue weighted by molar-refractivity contribution is 5.92. The molecule has 1 aromatic carbocycles. The van der Waals surface area contributed by atoms with Crippen LogP contribution in [0.2, 0.25) is 0 Å². The summed E-state index contributed by atoms with van der Waals surface area (Å²) >= 11 is 0. The van der Waals surface area contributed by atoms with Crippen LogP contribution in [0.1, 0.15) is 12.5 Å². The Hall–Kier alpha value is -1.81. The van der Waals surface area contributed by atoms with Crippen LogP contribution in [-0.4, -0.2) is 55.5 Å². The Balaban J connectivity index is 2.00. The normalized spacial score (nSPS) is 16.6. The van der Waals surface area contributed by atoms with E-state index in [9.17, 15) is 4.79 Å². The number of rotatable bonds is 4. The van der Waals surface area contributed by atoms with Crippen molar-refractivity contribution in [2.75, 3.05) is 39.8 Å². The van der Waals surface area contributed by atoms with Crippen LogP contribution in [0.4, 0.5) is 0 Å².